The SMILES string of the molecule is C.CC(=O)[C@@H]1CC1CN1CCN(c2csc3cc(C(F)(F)F)ccc23)CC1.CC[C@@H]1CC1CN1CCN(c2csc3cc(C(F)(F)F)ccc23)CC1.NC[C@@H]1CC1CN1CCN(c2csc3cc(C(F)(F)F)ccc23)CC1.O=C(Cl)Oc1ccc([N+](=O)[O-])cc1.[N-]=[N+]=NC[C@@H]1CC1CN1CCN(c2csc3cc(C(F)(F)F)ccc23)CC1.[N-]=[N+]=[N-].[Na+]. The van der Waals surface area contributed by atoms with E-state index >= 15 is 0 Å². The summed E-state index contributed by atoms with van der Waals surface area (Å²) in [6.45, 7) is 24.8. The zero-order valence-electron chi connectivity index (χ0n) is 66.1. The minimum atomic E-state index is -4.30. The van der Waals surface area contributed by atoms with Crippen LogP contribution in [-0.2, 0) is 29.5 Å². The minimum Gasteiger partial charge on any atom is -0.414 e. The number of carbonyl (C=O) groups is 2. The zero-order chi connectivity index (χ0) is 85.3. The number of nitrogens with two attached hydrogens (primary N) is 1. The van der Waals surface area contributed by atoms with Gasteiger partial charge >= 0.3 is 59.7 Å². The van der Waals surface area contributed by atoms with Crippen molar-refractivity contribution in [2.24, 2.45) is 58.2 Å². The van der Waals surface area contributed by atoms with Crippen LogP contribution in [0.15, 0.2) is 124 Å². The van der Waals surface area contributed by atoms with Crippen LogP contribution in [0.2, 0.25) is 0 Å². The van der Waals surface area contributed by atoms with Crippen LogP contribution < -0.4 is 59.6 Å². The minimum absolute atomic E-state index is 0. The Labute approximate surface area is 735 Å². The maximum absolute atomic E-state index is 12.9. The number of hydrogen-bond donors (Lipinski definition) is 1. The number of nitrogens with zero attached hydrogens (tertiary/aromatic N) is 15. The van der Waals surface area contributed by atoms with E-state index in [0.29, 0.717) is 50.1 Å². The zero-order valence-corrected chi connectivity index (χ0v) is 72.2. The number of Topliss-reactive ketones (excluding diaryl/α,β-unsaturated/α-hetero) is 1. The van der Waals surface area contributed by atoms with Crippen molar-refractivity contribution < 1.29 is 101 Å². The van der Waals surface area contributed by atoms with E-state index in [2.05, 4.69) is 60.9 Å². The number of azide groups is 1. The molecule has 39 heteroatoms. The van der Waals surface area contributed by atoms with Crippen molar-refractivity contribution in [3.8, 4) is 5.75 Å². The summed E-state index contributed by atoms with van der Waals surface area (Å²) in [5.41, 5.74) is 28.5. The molecule has 0 spiro atoms. The van der Waals surface area contributed by atoms with Crippen LogP contribution in [0.5, 0.6) is 5.75 Å². The van der Waals surface area contributed by atoms with Crippen molar-refractivity contribution in [2.75, 3.05) is 164 Å². The molecule has 21 nitrogen and oxygen atoms in total. The third-order valence-corrected chi connectivity index (χ3v) is 27.3. The van der Waals surface area contributed by atoms with Gasteiger partial charge in [0.2, 0.25) is 0 Å². The van der Waals surface area contributed by atoms with Gasteiger partial charge in [-0.3, -0.25) is 39.4 Å². The second-order valence-electron chi connectivity index (χ2n) is 31.2. The van der Waals surface area contributed by atoms with Gasteiger partial charge in [0.05, 0.1) is 49.9 Å². The number of anilines is 4. The summed E-state index contributed by atoms with van der Waals surface area (Å²) in [6, 6.07) is 21.2. The van der Waals surface area contributed by atoms with Crippen molar-refractivity contribution in [1.29, 1.82) is 0 Å². The average Bonchev–Trinajstić information content (AvgIpc) is 1.79. The number of non-ortho nitro benzene ring substituents is 1. The Morgan fingerprint density at radius 1 is 0.488 bits per heavy atom. The summed E-state index contributed by atoms with van der Waals surface area (Å²) in [6.07, 6.45) is -11.1. The molecular formula is C82H94ClF12N16NaO5S4. The van der Waals surface area contributed by atoms with Crippen molar-refractivity contribution in [3.05, 3.63) is 177 Å². The molecule has 17 rings (SSSR count). The number of rotatable bonds is 19. The number of thiophene rings is 4. The standard InChI is InChI=1S/C19H21F3N2OS.C19H23F3N2S.C18H20F3N5S.C18H22F3N3S.C7H4ClNO4.CH4.N3.Na/c1-12(25)16-8-13(16)10-23-4-6-24(7-5-23)17-11-26-18-9-14(19(20,21)22)2-3-15(17)18;1-2-13-9-14(13)11-23-5-7-24(8-6-23)17-12-25-18-10-15(19(20,21)22)3-4-16(17)18;19-18(20,21)14-1-2-15-16(11-27-17(15)8-14)26-5-3-25(4-6-26)10-13-7-12(13)9-23-24-22;19-18(20,21)14-1-2-15-16(11-25-17(15)8-14)24-5-3-23(4-6-24)10-13-7-12(13)9-22;8-7(10)13-6-3-1-5(2-4-6)9(11)12;;1-3-2;/h2-3,9,11,13,16H,4-8,10H2,1H3;3-4,10,12-14H,2,5-9,11H2,1H3;1-2,8,11-13H,3-7,9-10H2;1-2,8,11-13H,3-7,9-10,22H2;1-4H;1H4;;/q;;;;;;-1;+1/t13?,16-;13-,14?;2*12-,13?;;;;/m0100..../s1. The molecule has 8 aliphatic rings. The first-order valence-corrected chi connectivity index (χ1v) is 43.1. The van der Waals surface area contributed by atoms with Gasteiger partial charge in [-0.2, -0.15) is 52.7 Å². The quantitative estimate of drug-likeness (QED) is 0.0116. The van der Waals surface area contributed by atoms with Crippen LogP contribution in [0.4, 0.5) is 85.9 Å². The molecule has 648 valence electrons. The fourth-order valence-corrected chi connectivity index (χ4v) is 20.3. The molecule has 4 aliphatic heterocycles. The Bertz CT molecular complexity index is 4920. The number of nitro groups is 1. The van der Waals surface area contributed by atoms with Crippen LogP contribution in [0.25, 0.3) is 66.8 Å². The summed E-state index contributed by atoms with van der Waals surface area (Å²) in [5.74, 6) is 5.70. The van der Waals surface area contributed by atoms with Gasteiger partial charge in [0.25, 0.3) is 5.69 Å². The summed E-state index contributed by atoms with van der Waals surface area (Å²) >= 11 is 10.5. The van der Waals surface area contributed by atoms with Crippen LogP contribution in [0, 0.1) is 57.5 Å². The van der Waals surface area contributed by atoms with Crippen molar-refractivity contribution in [2.45, 2.75) is 78.1 Å². The Balaban J connectivity index is 0.000000159. The van der Waals surface area contributed by atoms with Crippen LogP contribution in [0.3, 0.4) is 0 Å². The number of ether oxygens (including phenoxy) is 1. The van der Waals surface area contributed by atoms with E-state index in [0.717, 1.165) is 210 Å². The fraction of sp³-hybridized carbons (Fsp3) is 0.512. The second kappa shape index (κ2) is 42.0. The first-order valence-electron chi connectivity index (χ1n) is 39.2. The molecule has 8 fully saturated rings. The Hall–Kier alpha value is -7.45. The predicted molar refractivity (Wildman–Crippen MR) is 454 cm³/mol. The number of nitro benzene ring substituents is 1. The molecule has 9 aromatic rings. The molecule has 0 radical (unpaired) electrons. The topological polar surface area (TPSA) is 246 Å². The number of hydrogen-bond acceptors (Lipinski definition) is 19. The number of benzene rings is 5. The maximum atomic E-state index is 12.9. The largest absolute Gasteiger partial charge is 1.00 e. The summed E-state index contributed by atoms with van der Waals surface area (Å²) in [5, 5.41) is 25.5. The van der Waals surface area contributed by atoms with Crippen molar-refractivity contribution >= 4 is 137 Å². The molecule has 4 unspecified atom stereocenters. The first-order chi connectivity index (χ1) is 56.7. The number of piperazine rings is 4. The number of ketones is 1. The van der Waals surface area contributed by atoms with Crippen LogP contribution in [-0.4, -0.2) is 180 Å². The average molecular weight is 1800 g/mol. The molecule has 4 saturated heterocycles. The third kappa shape index (κ3) is 25.9. The molecule has 121 heavy (non-hydrogen) atoms. The maximum Gasteiger partial charge on any atom is 1.00 e. The molecular weight excluding hydrogens is 1700 g/mol. The fourth-order valence-electron chi connectivity index (χ4n) is 16.2. The molecule has 0 bridgehead atoms. The van der Waals surface area contributed by atoms with Gasteiger partial charge in [-0.15, -0.1) is 45.3 Å². The molecule has 8 heterocycles. The Morgan fingerprint density at radius 3 is 1.04 bits per heavy atom. The van der Waals surface area contributed by atoms with E-state index < -0.39 is 57.3 Å². The number of fused-ring (bicyclic) bond motifs is 4. The van der Waals surface area contributed by atoms with Crippen molar-refractivity contribution in [1.82, 2.24) is 19.6 Å². The summed E-state index contributed by atoms with van der Waals surface area (Å²) < 4.78 is 162. The summed E-state index contributed by atoms with van der Waals surface area (Å²) in [4.78, 5) is 54.6. The smallest absolute Gasteiger partial charge is 0.414 e. The van der Waals surface area contributed by atoms with E-state index in [1.807, 2.05) is 21.5 Å². The van der Waals surface area contributed by atoms with Gasteiger partial charge in [0, 0.05) is 234 Å². The van der Waals surface area contributed by atoms with E-state index in [4.69, 9.17) is 33.9 Å². The van der Waals surface area contributed by atoms with Crippen LogP contribution in [0.1, 0.15) is 75.6 Å². The van der Waals surface area contributed by atoms with Gasteiger partial charge in [0.15, 0.2) is 0 Å². The van der Waals surface area contributed by atoms with E-state index in [1.165, 1.54) is 149 Å². The molecule has 4 saturated carbocycles. The number of carbonyl (C=O) groups excluding carboxylic acids is 2. The molecule has 2 N–H and O–H groups in total. The first kappa shape index (κ1) is 95.8. The molecule has 8 atom stereocenters. The van der Waals surface area contributed by atoms with E-state index in [1.54, 1.807) is 31.2 Å². The molecule has 4 aromatic heterocycles. The normalized spacial score (nSPS) is 21.8. The van der Waals surface area contributed by atoms with Gasteiger partial charge < -0.3 is 41.1 Å². The Kier molecular flexibility index (Phi) is 33.3. The molecule has 4 aliphatic carbocycles. The summed E-state index contributed by atoms with van der Waals surface area (Å²) in [7, 11) is 0. The van der Waals surface area contributed by atoms with Gasteiger partial charge in [-0.05, 0) is 147 Å². The van der Waals surface area contributed by atoms with Gasteiger partial charge in [-0.1, -0.05) is 50.2 Å². The van der Waals surface area contributed by atoms with E-state index in [-0.39, 0.29) is 54.3 Å². The number of halogens is 13. The van der Waals surface area contributed by atoms with Gasteiger partial charge in [-0.25, -0.2) is 4.79 Å². The monoisotopic (exact) mass is 1800 g/mol. The number of alkyl halides is 12. The molecule has 0 amide bonds. The van der Waals surface area contributed by atoms with E-state index in [9.17, 15) is 72.4 Å². The second-order valence-corrected chi connectivity index (χ2v) is 35.1. The van der Waals surface area contributed by atoms with Crippen molar-refractivity contribution in [3.63, 3.8) is 0 Å². The molecule has 5 aromatic carbocycles. The van der Waals surface area contributed by atoms with Gasteiger partial charge in [0.1, 0.15) is 11.5 Å². The third-order valence-electron chi connectivity index (χ3n) is 23.5. The van der Waals surface area contributed by atoms with Crippen LogP contribution >= 0.6 is 56.9 Å². The Morgan fingerprint density at radius 2 is 0.785 bits per heavy atom. The predicted octanol–water partition coefficient (Wildman–Crippen LogP) is 18.8.